The molecule has 2 nitrogen and oxygen atoms in total. The number of hydrogen-bond acceptors (Lipinski definition) is 2. The number of rotatable bonds is 3. The fourth-order valence-corrected chi connectivity index (χ4v) is 1.52. The molecule has 0 aromatic heterocycles. The Hall–Kier alpha value is -1.23. The molecule has 1 rings (SSSR count). The van der Waals surface area contributed by atoms with Gasteiger partial charge in [0.05, 0.1) is 7.11 Å². The van der Waals surface area contributed by atoms with Crippen LogP contribution in [0.15, 0.2) is 18.2 Å². The Labute approximate surface area is 98.6 Å². The van der Waals surface area contributed by atoms with Crippen LogP contribution in [-0.2, 0) is 0 Å². The Morgan fingerprint density at radius 2 is 1.82 bits per heavy atom. The molecule has 1 aromatic carbocycles. The van der Waals surface area contributed by atoms with E-state index < -0.39 is 12.2 Å². The highest BCUT2D eigenvalue weighted by molar-refractivity contribution is 5.41. The largest absolute Gasteiger partial charge is 0.496 e. The standard InChI is InChI=1S/C12H16F3NO/c1-7(2)8-4-5-9(10(6-8)17-3)11(16)12(13,14)15/h4-7,11H,16H2,1-3H3. The predicted molar refractivity (Wildman–Crippen MR) is 60.1 cm³/mol. The van der Waals surface area contributed by atoms with Crippen LogP contribution in [0.2, 0.25) is 0 Å². The number of nitrogens with two attached hydrogens (primary N) is 1. The second-order valence-electron chi connectivity index (χ2n) is 4.18. The minimum absolute atomic E-state index is 0.0376. The van der Waals surface area contributed by atoms with Gasteiger partial charge in [-0.05, 0) is 17.5 Å². The minimum Gasteiger partial charge on any atom is -0.496 e. The van der Waals surface area contributed by atoms with Crippen molar-refractivity contribution < 1.29 is 17.9 Å². The van der Waals surface area contributed by atoms with Gasteiger partial charge in [0.15, 0.2) is 0 Å². The molecule has 1 aromatic rings. The van der Waals surface area contributed by atoms with Gasteiger partial charge in [-0.1, -0.05) is 26.0 Å². The van der Waals surface area contributed by atoms with Crippen molar-refractivity contribution in [1.29, 1.82) is 0 Å². The van der Waals surface area contributed by atoms with E-state index in [9.17, 15) is 13.2 Å². The third kappa shape index (κ3) is 3.12. The Balaban J connectivity index is 3.17. The van der Waals surface area contributed by atoms with Crippen molar-refractivity contribution in [3.63, 3.8) is 0 Å². The van der Waals surface area contributed by atoms with E-state index in [1.54, 1.807) is 12.1 Å². The smallest absolute Gasteiger partial charge is 0.407 e. The third-order valence-electron chi connectivity index (χ3n) is 2.61. The fraction of sp³-hybridized carbons (Fsp3) is 0.500. The lowest BCUT2D eigenvalue weighted by Crippen LogP contribution is -2.28. The van der Waals surface area contributed by atoms with Gasteiger partial charge in [0.25, 0.3) is 0 Å². The van der Waals surface area contributed by atoms with E-state index in [-0.39, 0.29) is 17.2 Å². The van der Waals surface area contributed by atoms with Gasteiger partial charge >= 0.3 is 6.18 Å². The molecule has 0 fully saturated rings. The third-order valence-corrected chi connectivity index (χ3v) is 2.61. The Morgan fingerprint density at radius 3 is 2.24 bits per heavy atom. The monoisotopic (exact) mass is 247 g/mol. The van der Waals surface area contributed by atoms with Crippen LogP contribution in [0.1, 0.15) is 36.9 Å². The topological polar surface area (TPSA) is 35.2 Å². The van der Waals surface area contributed by atoms with E-state index in [4.69, 9.17) is 10.5 Å². The maximum Gasteiger partial charge on any atom is 0.407 e. The zero-order valence-corrected chi connectivity index (χ0v) is 10.0. The average Bonchev–Trinajstić information content (AvgIpc) is 2.25. The maximum atomic E-state index is 12.5. The molecule has 0 aliphatic rings. The van der Waals surface area contributed by atoms with Crippen molar-refractivity contribution in [2.75, 3.05) is 7.11 Å². The molecule has 0 amide bonds. The highest BCUT2D eigenvalue weighted by Gasteiger charge is 2.39. The number of ether oxygens (including phenoxy) is 1. The summed E-state index contributed by atoms with van der Waals surface area (Å²) in [5.74, 6) is 0.404. The Bertz CT molecular complexity index is 388. The van der Waals surface area contributed by atoms with Gasteiger partial charge in [-0.3, -0.25) is 0 Å². The SMILES string of the molecule is COc1cc(C(C)C)ccc1C(N)C(F)(F)F. The van der Waals surface area contributed by atoms with E-state index >= 15 is 0 Å². The number of benzene rings is 1. The van der Waals surface area contributed by atoms with Gasteiger partial charge in [0, 0.05) is 5.56 Å². The van der Waals surface area contributed by atoms with E-state index in [1.165, 1.54) is 13.2 Å². The molecule has 17 heavy (non-hydrogen) atoms. The van der Waals surface area contributed by atoms with E-state index in [0.29, 0.717) is 0 Å². The number of methoxy groups -OCH3 is 1. The highest BCUT2D eigenvalue weighted by Crippen LogP contribution is 2.36. The molecule has 0 saturated carbocycles. The van der Waals surface area contributed by atoms with Gasteiger partial charge in [-0.25, -0.2) is 0 Å². The molecule has 0 aliphatic carbocycles. The average molecular weight is 247 g/mol. The first-order valence-corrected chi connectivity index (χ1v) is 5.27. The van der Waals surface area contributed by atoms with Crippen LogP contribution in [-0.4, -0.2) is 13.3 Å². The molecule has 5 heteroatoms. The summed E-state index contributed by atoms with van der Waals surface area (Å²) >= 11 is 0. The number of halogens is 3. The first-order valence-electron chi connectivity index (χ1n) is 5.27. The normalized spacial score (nSPS) is 13.9. The molecule has 0 aliphatic heterocycles. The van der Waals surface area contributed by atoms with Crippen molar-refractivity contribution in [3.8, 4) is 5.75 Å². The van der Waals surface area contributed by atoms with E-state index in [1.807, 2.05) is 13.8 Å². The maximum absolute atomic E-state index is 12.5. The van der Waals surface area contributed by atoms with Gasteiger partial charge in [0.2, 0.25) is 0 Å². The highest BCUT2D eigenvalue weighted by atomic mass is 19.4. The predicted octanol–water partition coefficient (Wildman–Crippen LogP) is 3.38. The summed E-state index contributed by atoms with van der Waals surface area (Å²) in [6.07, 6.45) is -4.47. The summed E-state index contributed by atoms with van der Waals surface area (Å²) in [5, 5.41) is 0. The summed E-state index contributed by atoms with van der Waals surface area (Å²) < 4.78 is 42.6. The summed E-state index contributed by atoms with van der Waals surface area (Å²) in [6, 6.07) is 2.62. The number of alkyl halides is 3. The molecule has 2 N–H and O–H groups in total. The molecule has 0 heterocycles. The van der Waals surface area contributed by atoms with Crippen molar-refractivity contribution in [2.24, 2.45) is 5.73 Å². The van der Waals surface area contributed by atoms with Gasteiger partial charge in [0.1, 0.15) is 11.8 Å². The second kappa shape index (κ2) is 4.96. The molecular formula is C12H16F3NO. The van der Waals surface area contributed by atoms with Crippen LogP contribution in [0.25, 0.3) is 0 Å². The molecule has 0 bridgehead atoms. The van der Waals surface area contributed by atoms with Crippen LogP contribution < -0.4 is 10.5 Å². The summed E-state index contributed by atoms with van der Waals surface area (Å²) in [6.45, 7) is 3.91. The van der Waals surface area contributed by atoms with Crippen LogP contribution in [0.5, 0.6) is 5.75 Å². The Morgan fingerprint density at radius 1 is 1.24 bits per heavy atom. The van der Waals surface area contributed by atoms with Gasteiger partial charge < -0.3 is 10.5 Å². The summed E-state index contributed by atoms with van der Waals surface area (Å²) in [5.41, 5.74) is 6.05. The number of hydrogen-bond donors (Lipinski definition) is 1. The van der Waals surface area contributed by atoms with Gasteiger partial charge in [-0.15, -0.1) is 0 Å². The molecule has 1 atom stereocenters. The lowest BCUT2D eigenvalue weighted by Gasteiger charge is -2.19. The van der Waals surface area contributed by atoms with Crippen molar-refractivity contribution in [2.45, 2.75) is 32.0 Å². The van der Waals surface area contributed by atoms with Crippen molar-refractivity contribution in [1.82, 2.24) is 0 Å². The zero-order valence-electron chi connectivity index (χ0n) is 10.0. The second-order valence-corrected chi connectivity index (χ2v) is 4.18. The lowest BCUT2D eigenvalue weighted by atomic mass is 9.98. The molecule has 0 spiro atoms. The van der Waals surface area contributed by atoms with Crippen LogP contribution in [0, 0.1) is 0 Å². The lowest BCUT2D eigenvalue weighted by molar-refractivity contribution is -0.149. The quantitative estimate of drug-likeness (QED) is 0.888. The van der Waals surface area contributed by atoms with Gasteiger partial charge in [-0.2, -0.15) is 13.2 Å². The minimum atomic E-state index is -4.47. The first-order chi connectivity index (χ1) is 7.77. The molecular weight excluding hydrogens is 231 g/mol. The zero-order chi connectivity index (χ0) is 13.2. The fourth-order valence-electron chi connectivity index (χ4n) is 1.52. The summed E-state index contributed by atoms with van der Waals surface area (Å²) in [4.78, 5) is 0. The Kier molecular flexibility index (Phi) is 4.03. The van der Waals surface area contributed by atoms with Crippen LogP contribution >= 0.6 is 0 Å². The molecule has 0 radical (unpaired) electrons. The van der Waals surface area contributed by atoms with E-state index in [2.05, 4.69) is 0 Å². The van der Waals surface area contributed by atoms with Crippen molar-refractivity contribution in [3.05, 3.63) is 29.3 Å². The molecule has 96 valence electrons. The van der Waals surface area contributed by atoms with E-state index in [0.717, 1.165) is 5.56 Å². The van der Waals surface area contributed by atoms with Crippen LogP contribution in [0.3, 0.4) is 0 Å². The van der Waals surface area contributed by atoms with Crippen molar-refractivity contribution >= 4 is 0 Å². The first kappa shape index (κ1) is 13.8. The molecule has 0 saturated heterocycles. The summed E-state index contributed by atoms with van der Waals surface area (Å²) in [7, 11) is 1.34. The molecule has 1 unspecified atom stereocenters. The van der Waals surface area contributed by atoms with Crippen LogP contribution in [0.4, 0.5) is 13.2 Å².